The molecule has 0 heterocycles. The highest BCUT2D eigenvalue weighted by molar-refractivity contribution is 6.04. The second-order valence-corrected chi connectivity index (χ2v) is 4.01. The van der Waals surface area contributed by atoms with Crippen molar-refractivity contribution in [1.29, 1.82) is 0 Å². The lowest BCUT2D eigenvalue weighted by molar-refractivity contribution is 0.104. The van der Waals surface area contributed by atoms with Gasteiger partial charge in [0.2, 0.25) is 0 Å². The van der Waals surface area contributed by atoms with E-state index in [0.717, 1.165) is 0 Å². The number of hydrogen-bond acceptors (Lipinski definition) is 4. The van der Waals surface area contributed by atoms with Crippen LogP contribution in [0.4, 0.5) is 0 Å². The molecule has 0 fully saturated rings. The highest BCUT2D eigenvalue weighted by Gasteiger charge is 2.03. The Morgan fingerprint density at radius 3 is 2.78 bits per heavy atom. The topological polar surface area (TPSA) is 38.8 Å². The van der Waals surface area contributed by atoms with Crippen molar-refractivity contribution < 1.29 is 14.3 Å². The van der Waals surface area contributed by atoms with Crippen molar-refractivity contribution in [3.8, 4) is 5.75 Å². The molecule has 4 nitrogen and oxygen atoms in total. The number of carbonyl (C=O) groups excluding carboxylic acids is 1. The number of allylic oxidation sites excluding steroid dienone is 1. The van der Waals surface area contributed by atoms with Crippen LogP contribution < -0.4 is 4.74 Å². The zero-order valence-electron chi connectivity index (χ0n) is 11.1. The monoisotopic (exact) mass is 249 g/mol. The van der Waals surface area contributed by atoms with E-state index in [1.54, 1.807) is 31.5 Å². The van der Waals surface area contributed by atoms with Crippen molar-refractivity contribution >= 4 is 5.78 Å². The first-order valence-electron chi connectivity index (χ1n) is 5.74. The number of hydrogen-bond donors (Lipinski definition) is 0. The Kier molecular flexibility index (Phi) is 5.94. The standard InChI is InChI=1S/C14H19NO3/c1-15(2)8-7-14(16)12-5-4-6-13(11-12)18-10-9-17-3/h4-8,11H,9-10H2,1-3H3. The van der Waals surface area contributed by atoms with E-state index in [1.165, 1.54) is 6.08 Å². The molecule has 0 atom stereocenters. The summed E-state index contributed by atoms with van der Waals surface area (Å²) >= 11 is 0. The summed E-state index contributed by atoms with van der Waals surface area (Å²) in [5.74, 6) is 0.636. The fourth-order valence-electron chi connectivity index (χ4n) is 1.29. The van der Waals surface area contributed by atoms with Crippen molar-refractivity contribution in [2.75, 3.05) is 34.4 Å². The maximum absolute atomic E-state index is 11.8. The quantitative estimate of drug-likeness (QED) is 0.421. The van der Waals surface area contributed by atoms with Gasteiger partial charge in [0.15, 0.2) is 5.78 Å². The molecule has 1 aromatic carbocycles. The van der Waals surface area contributed by atoms with E-state index in [-0.39, 0.29) is 5.78 Å². The van der Waals surface area contributed by atoms with Crippen LogP contribution >= 0.6 is 0 Å². The molecule has 0 aliphatic heterocycles. The molecule has 0 saturated heterocycles. The van der Waals surface area contributed by atoms with E-state index in [2.05, 4.69) is 0 Å². The van der Waals surface area contributed by atoms with Gasteiger partial charge in [-0.15, -0.1) is 0 Å². The number of benzene rings is 1. The second-order valence-electron chi connectivity index (χ2n) is 4.01. The minimum absolute atomic E-state index is 0.0408. The van der Waals surface area contributed by atoms with Crippen LogP contribution in [-0.2, 0) is 4.74 Å². The fraction of sp³-hybridized carbons (Fsp3) is 0.357. The number of ether oxygens (including phenoxy) is 2. The number of rotatable bonds is 7. The second kappa shape index (κ2) is 7.50. The largest absolute Gasteiger partial charge is 0.491 e. The van der Waals surface area contributed by atoms with Gasteiger partial charge in [-0.05, 0) is 12.1 Å². The molecule has 0 aromatic heterocycles. The van der Waals surface area contributed by atoms with E-state index in [4.69, 9.17) is 9.47 Å². The van der Waals surface area contributed by atoms with Crippen molar-refractivity contribution in [3.63, 3.8) is 0 Å². The Labute approximate surface area is 108 Å². The molecule has 0 saturated carbocycles. The van der Waals surface area contributed by atoms with E-state index >= 15 is 0 Å². The summed E-state index contributed by atoms with van der Waals surface area (Å²) in [5, 5.41) is 0. The Morgan fingerprint density at radius 2 is 2.11 bits per heavy atom. The summed E-state index contributed by atoms with van der Waals surface area (Å²) < 4.78 is 10.3. The highest BCUT2D eigenvalue weighted by Crippen LogP contribution is 2.14. The molecular formula is C14H19NO3. The average molecular weight is 249 g/mol. The van der Waals surface area contributed by atoms with E-state index < -0.39 is 0 Å². The molecule has 1 rings (SSSR count). The van der Waals surface area contributed by atoms with E-state index in [0.29, 0.717) is 24.5 Å². The first-order chi connectivity index (χ1) is 8.63. The molecule has 98 valence electrons. The molecule has 0 aliphatic rings. The fourth-order valence-corrected chi connectivity index (χ4v) is 1.29. The lowest BCUT2D eigenvalue weighted by Gasteiger charge is -2.06. The number of carbonyl (C=O) groups is 1. The summed E-state index contributed by atoms with van der Waals surface area (Å²) in [6.07, 6.45) is 3.26. The molecule has 0 bridgehead atoms. The Hall–Kier alpha value is -1.81. The van der Waals surface area contributed by atoms with Gasteiger partial charge < -0.3 is 14.4 Å². The molecule has 1 aromatic rings. The van der Waals surface area contributed by atoms with Gasteiger partial charge >= 0.3 is 0 Å². The lowest BCUT2D eigenvalue weighted by atomic mass is 10.1. The molecule has 18 heavy (non-hydrogen) atoms. The molecule has 4 heteroatoms. The van der Waals surface area contributed by atoms with Gasteiger partial charge in [-0.25, -0.2) is 0 Å². The van der Waals surface area contributed by atoms with Gasteiger partial charge in [0.05, 0.1) is 6.61 Å². The number of ketones is 1. The Bertz CT molecular complexity index is 413. The van der Waals surface area contributed by atoms with E-state index in [1.807, 2.05) is 25.1 Å². The van der Waals surface area contributed by atoms with Crippen LogP contribution in [-0.4, -0.2) is 45.1 Å². The predicted molar refractivity (Wildman–Crippen MR) is 71.0 cm³/mol. The average Bonchev–Trinajstić information content (AvgIpc) is 2.36. The van der Waals surface area contributed by atoms with Crippen LogP contribution in [0.3, 0.4) is 0 Å². The summed E-state index contributed by atoms with van der Waals surface area (Å²) in [4.78, 5) is 13.7. The first-order valence-corrected chi connectivity index (χ1v) is 5.74. The summed E-state index contributed by atoms with van der Waals surface area (Å²) in [6.45, 7) is 1.00. The van der Waals surface area contributed by atoms with Crippen molar-refractivity contribution in [3.05, 3.63) is 42.1 Å². The van der Waals surface area contributed by atoms with Crippen molar-refractivity contribution in [2.45, 2.75) is 0 Å². The van der Waals surface area contributed by atoms with Crippen LogP contribution in [0.15, 0.2) is 36.5 Å². The van der Waals surface area contributed by atoms with Crippen LogP contribution in [0.1, 0.15) is 10.4 Å². The Balaban J connectivity index is 2.66. The van der Waals surface area contributed by atoms with Crippen molar-refractivity contribution in [1.82, 2.24) is 4.90 Å². The predicted octanol–water partition coefficient (Wildman–Crippen LogP) is 1.97. The molecule has 0 amide bonds. The Morgan fingerprint density at radius 1 is 1.33 bits per heavy atom. The minimum Gasteiger partial charge on any atom is -0.491 e. The van der Waals surface area contributed by atoms with Gasteiger partial charge in [-0.2, -0.15) is 0 Å². The summed E-state index contributed by atoms with van der Waals surface area (Å²) in [5.41, 5.74) is 0.614. The number of methoxy groups -OCH3 is 1. The minimum atomic E-state index is -0.0408. The molecule has 0 radical (unpaired) electrons. The zero-order chi connectivity index (χ0) is 13.4. The summed E-state index contributed by atoms with van der Waals surface area (Å²) in [6, 6.07) is 7.13. The third kappa shape index (κ3) is 5.01. The maximum Gasteiger partial charge on any atom is 0.187 e. The maximum atomic E-state index is 11.8. The molecular weight excluding hydrogens is 230 g/mol. The zero-order valence-corrected chi connectivity index (χ0v) is 11.1. The first kappa shape index (κ1) is 14.3. The molecule has 0 N–H and O–H groups in total. The van der Waals surface area contributed by atoms with E-state index in [9.17, 15) is 4.79 Å². The normalized spacial score (nSPS) is 10.6. The highest BCUT2D eigenvalue weighted by atomic mass is 16.5. The van der Waals surface area contributed by atoms with Crippen LogP contribution in [0.25, 0.3) is 0 Å². The van der Waals surface area contributed by atoms with Crippen LogP contribution in [0, 0.1) is 0 Å². The van der Waals surface area contributed by atoms with Crippen LogP contribution in [0.5, 0.6) is 5.75 Å². The molecule has 0 unspecified atom stereocenters. The lowest BCUT2D eigenvalue weighted by Crippen LogP contribution is -2.05. The van der Waals surface area contributed by atoms with Gasteiger partial charge in [-0.3, -0.25) is 4.79 Å². The smallest absolute Gasteiger partial charge is 0.187 e. The van der Waals surface area contributed by atoms with Gasteiger partial charge in [0.25, 0.3) is 0 Å². The van der Waals surface area contributed by atoms with Gasteiger partial charge in [0.1, 0.15) is 12.4 Å². The van der Waals surface area contributed by atoms with Gasteiger partial charge in [-0.1, -0.05) is 12.1 Å². The third-order valence-electron chi connectivity index (χ3n) is 2.20. The van der Waals surface area contributed by atoms with Gasteiger partial charge in [0, 0.05) is 39.0 Å². The molecule has 0 spiro atoms. The third-order valence-corrected chi connectivity index (χ3v) is 2.20. The number of nitrogens with zero attached hydrogens (tertiary/aromatic N) is 1. The van der Waals surface area contributed by atoms with Crippen LogP contribution in [0.2, 0.25) is 0 Å². The summed E-state index contributed by atoms with van der Waals surface area (Å²) in [7, 11) is 5.36. The molecule has 0 aliphatic carbocycles. The SMILES string of the molecule is COCCOc1cccc(C(=O)C=CN(C)C)c1. The van der Waals surface area contributed by atoms with Crippen molar-refractivity contribution in [2.24, 2.45) is 0 Å².